The summed E-state index contributed by atoms with van der Waals surface area (Å²) in [6.07, 6.45) is 0. The van der Waals surface area contributed by atoms with Crippen LogP contribution in [0.2, 0.25) is 0 Å². The molecule has 0 atom stereocenters. The molecule has 0 N–H and O–H groups in total. The van der Waals surface area contributed by atoms with Gasteiger partial charge < -0.3 is 9.47 Å². The van der Waals surface area contributed by atoms with Crippen LogP contribution in [0.3, 0.4) is 0 Å². The largest absolute Gasteiger partial charge is 0.494 e. The summed E-state index contributed by atoms with van der Waals surface area (Å²) in [5.74, 6) is 1.84. The summed E-state index contributed by atoms with van der Waals surface area (Å²) in [5.41, 5.74) is 0. The molecule has 5 aromatic rings. The number of hydrogen-bond acceptors (Lipinski definition) is 2. The molecule has 0 radical (unpaired) electrons. The maximum atomic E-state index is 5.66. The van der Waals surface area contributed by atoms with Gasteiger partial charge in [-0.25, -0.2) is 0 Å². The molecule has 138 valence electrons. The molecule has 28 heavy (non-hydrogen) atoms. The van der Waals surface area contributed by atoms with E-state index in [0.29, 0.717) is 13.2 Å². The molecule has 5 aromatic carbocycles. The summed E-state index contributed by atoms with van der Waals surface area (Å²) in [6, 6.07) is 26.1. The maximum absolute atomic E-state index is 5.66. The van der Waals surface area contributed by atoms with Crippen LogP contribution in [0.25, 0.3) is 43.1 Å². The Labute approximate surface area is 164 Å². The monoisotopic (exact) mass is 366 g/mol. The highest BCUT2D eigenvalue weighted by molar-refractivity contribution is 6.17. The molecule has 0 saturated heterocycles. The predicted octanol–water partition coefficient (Wildman–Crippen LogP) is 7.10. The summed E-state index contributed by atoms with van der Waals surface area (Å²) in [7, 11) is 0. The Hall–Kier alpha value is -3.26. The molecule has 0 amide bonds. The van der Waals surface area contributed by atoms with Gasteiger partial charge in [0.15, 0.2) is 0 Å². The third kappa shape index (κ3) is 2.73. The highest BCUT2D eigenvalue weighted by Crippen LogP contribution is 2.35. The van der Waals surface area contributed by atoms with Gasteiger partial charge in [0.1, 0.15) is 11.5 Å². The Morgan fingerprint density at radius 1 is 0.464 bits per heavy atom. The highest BCUT2D eigenvalue weighted by Gasteiger charge is 2.07. The van der Waals surface area contributed by atoms with E-state index in [-0.39, 0.29) is 0 Å². The Balaban J connectivity index is 1.75. The SMILES string of the molecule is CCOc1ccc2c(ccc3cc4c(ccc5cc(OCC)ccc54)cc32)c1. The zero-order chi connectivity index (χ0) is 19.1. The molecule has 0 saturated carbocycles. The van der Waals surface area contributed by atoms with Crippen LogP contribution in [-0.2, 0) is 0 Å². The van der Waals surface area contributed by atoms with Crippen LogP contribution in [0.1, 0.15) is 13.8 Å². The lowest BCUT2D eigenvalue weighted by atomic mass is 9.95. The Morgan fingerprint density at radius 2 is 0.857 bits per heavy atom. The standard InChI is InChI=1S/C26H22O2/c1-3-27-21-9-11-23-17(13-21)5-7-19-16-26-20(15-25(19)23)8-6-18-14-22(28-4-2)10-12-24(18)26/h5-16H,3-4H2,1-2H3. The van der Waals surface area contributed by atoms with Crippen molar-refractivity contribution in [2.75, 3.05) is 13.2 Å². The summed E-state index contributed by atoms with van der Waals surface area (Å²) >= 11 is 0. The van der Waals surface area contributed by atoms with Gasteiger partial charge in [0.25, 0.3) is 0 Å². The van der Waals surface area contributed by atoms with Crippen LogP contribution in [0, 0.1) is 0 Å². The molecule has 0 unspecified atom stereocenters. The van der Waals surface area contributed by atoms with Gasteiger partial charge >= 0.3 is 0 Å². The molecule has 0 aliphatic carbocycles. The number of benzene rings is 5. The average Bonchev–Trinajstić information content (AvgIpc) is 2.72. The van der Waals surface area contributed by atoms with Crippen molar-refractivity contribution < 1.29 is 9.47 Å². The molecular weight excluding hydrogens is 344 g/mol. The minimum absolute atomic E-state index is 0.682. The fourth-order valence-corrected chi connectivity index (χ4v) is 4.10. The van der Waals surface area contributed by atoms with Crippen LogP contribution < -0.4 is 9.47 Å². The van der Waals surface area contributed by atoms with Crippen molar-refractivity contribution in [2.24, 2.45) is 0 Å². The van der Waals surface area contributed by atoms with Crippen molar-refractivity contribution in [1.29, 1.82) is 0 Å². The van der Waals surface area contributed by atoms with Crippen LogP contribution in [-0.4, -0.2) is 13.2 Å². The summed E-state index contributed by atoms with van der Waals surface area (Å²) < 4.78 is 11.3. The fourth-order valence-electron chi connectivity index (χ4n) is 4.10. The van der Waals surface area contributed by atoms with Crippen molar-refractivity contribution in [2.45, 2.75) is 13.8 Å². The van der Waals surface area contributed by atoms with Crippen LogP contribution in [0.15, 0.2) is 72.8 Å². The van der Waals surface area contributed by atoms with Gasteiger partial charge in [-0.3, -0.25) is 0 Å². The first-order chi connectivity index (χ1) is 13.8. The van der Waals surface area contributed by atoms with E-state index in [0.717, 1.165) is 11.5 Å². The minimum Gasteiger partial charge on any atom is -0.494 e. The average molecular weight is 366 g/mol. The molecule has 0 aromatic heterocycles. The van der Waals surface area contributed by atoms with Crippen LogP contribution >= 0.6 is 0 Å². The lowest BCUT2D eigenvalue weighted by Crippen LogP contribution is -1.91. The third-order valence-corrected chi connectivity index (χ3v) is 5.36. The van der Waals surface area contributed by atoms with Gasteiger partial charge in [-0.1, -0.05) is 36.4 Å². The second-order valence-electron chi connectivity index (χ2n) is 7.06. The number of ether oxygens (including phenoxy) is 2. The van der Waals surface area contributed by atoms with Crippen molar-refractivity contribution in [3.05, 3.63) is 72.8 Å². The second kappa shape index (κ2) is 6.72. The fraction of sp³-hybridized carbons (Fsp3) is 0.154. The smallest absolute Gasteiger partial charge is 0.119 e. The summed E-state index contributed by atoms with van der Waals surface area (Å²) in [6.45, 7) is 5.39. The van der Waals surface area contributed by atoms with Gasteiger partial charge in [-0.2, -0.15) is 0 Å². The van der Waals surface area contributed by atoms with E-state index in [1.807, 2.05) is 13.8 Å². The van der Waals surface area contributed by atoms with E-state index < -0.39 is 0 Å². The Kier molecular flexibility index (Phi) is 4.05. The molecule has 0 aliphatic rings. The number of rotatable bonds is 4. The van der Waals surface area contributed by atoms with Crippen molar-refractivity contribution in [3.8, 4) is 11.5 Å². The van der Waals surface area contributed by atoms with E-state index in [4.69, 9.17) is 9.47 Å². The van der Waals surface area contributed by atoms with Crippen molar-refractivity contribution in [1.82, 2.24) is 0 Å². The lowest BCUT2D eigenvalue weighted by molar-refractivity contribution is 0.340. The molecule has 0 heterocycles. The molecule has 2 heteroatoms. The molecular formula is C26H22O2. The lowest BCUT2D eigenvalue weighted by Gasteiger charge is -2.11. The maximum Gasteiger partial charge on any atom is 0.119 e. The molecule has 5 rings (SSSR count). The molecule has 2 nitrogen and oxygen atoms in total. The first-order valence-electron chi connectivity index (χ1n) is 9.85. The normalized spacial score (nSPS) is 11.5. The van der Waals surface area contributed by atoms with E-state index in [1.54, 1.807) is 0 Å². The van der Waals surface area contributed by atoms with E-state index in [1.165, 1.54) is 43.1 Å². The number of fused-ring (bicyclic) bond motifs is 6. The topological polar surface area (TPSA) is 18.5 Å². The molecule has 0 fully saturated rings. The first-order valence-corrected chi connectivity index (χ1v) is 9.85. The van der Waals surface area contributed by atoms with Gasteiger partial charge in [-0.05, 0) is 93.3 Å². The second-order valence-corrected chi connectivity index (χ2v) is 7.06. The first kappa shape index (κ1) is 16.9. The molecule has 0 bridgehead atoms. The van der Waals surface area contributed by atoms with Gasteiger partial charge in [0.2, 0.25) is 0 Å². The van der Waals surface area contributed by atoms with Crippen LogP contribution in [0.5, 0.6) is 11.5 Å². The van der Waals surface area contributed by atoms with Gasteiger partial charge in [-0.15, -0.1) is 0 Å². The summed E-state index contributed by atoms with van der Waals surface area (Å²) in [5, 5.41) is 10.00. The molecule has 0 aliphatic heterocycles. The predicted molar refractivity (Wildman–Crippen MR) is 119 cm³/mol. The zero-order valence-electron chi connectivity index (χ0n) is 16.2. The van der Waals surface area contributed by atoms with Gasteiger partial charge in [0, 0.05) is 0 Å². The molecule has 0 spiro atoms. The van der Waals surface area contributed by atoms with Crippen molar-refractivity contribution in [3.63, 3.8) is 0 Å². The third-order valence-electron chi connectivity index (χ3n) is 5.36. The Morgan fingerprint density at radius 3 is 1.25 bits per heavy atom. The minimum atomic E-state index is 0.682. The van der Waals surface area contributed by atoms with Gasteiger partial charge in [0.05, 0.1) is 13.2 Å². The Bertz CT molecular complexity index is 1230. The van der Waals surface area contributed by atoms with Crippen LogP contribution in [0.4, 0.5) is 0 Å². The van der Waals surface area contributed by atoms with Crippen molar-refractivity contribution >= 4 is 43.1 Å². The van der Waals surface area contributed by atoms with E-state index in [2.05, 4.69) is 72.8 Å². The number of hydrogen-bond donors (Lipinski definition) is 0. The highest BCUT2D eigenvalue weighted by atomic mass is 16.5. The quantitative estimate of drug-likeness (QED) is 0.249. The van der Waals surface area contributed by atoms with E-state index >= 15 is 0 Å². The zero-order valence-corrected chi connectivity index (χ0v) is 16.2. The van der Waals surface area contributed by atoms with E-state index in [9.17, 15) is 0 Å². The summed E-state index contributed by atoms with van der Waals surface area (Å²) in [4.78, 5) is 0.